The van der Waals surface area contributed by atoms with Gasteiger partial charge in [0.05, 0.1) is 0 Å². The molecule has 0 bridgehead atoms. The largest absolute Gasteiger partial charge is 0.344 e. The van der Waals surface area contributed by atoms with E-state index in [0.29, 0.717) is 0 Å². The highest BCUT2D eigenvalue weighted by Crippen LogP contribution is 2.74. The van der Waals surface area contributed by atoms with Crippen molar-refractivity contribution in [1.82, 2.24) is 0 Å². The third-order valence-corrected chi connectivity index (χ3v) is 8.13. The molecule has 0 unspecified atom stereocenters. The van der Waals surface area contributed by atoms with E-state index in [4.69, 9.17) is 0 Å². The molecule has 0 aromatic rings. The predicted octanol–water partition coefficient (Wildman–Crippen LogP) is 1.35. The highest BCUT2D eigenvalue weighted by atomic mass is 31.2. The Morgan fingerprint density at radius 1 is 0.800 bits per heavy atom. The zero-order valence-corrected chi connectivity index (χ0v) is 10.9. The van der Waals surface area contributed by atoms with Crippen LogP contribution in [0.1, 0.15) is 27.7 Å². The summed E-state index contributed by atoms with van der Waals surface area (Å²) < 4.78 is 22.8. The van der Waals surface area contributed by atoms with Crippen LogP contribution in [0, 0.1) is 11.8 Å². The van der Waals surface area contributed by atoms with Crippen LogP contribution >= 0.6 is 15.2 Å². The summed E-state index contributed by atoms with van der Waals surface area (Å²) in [6.07, 6.45) is 0. The summed E-state index contributed by atoms with van der Waals surface area (Å²) in [4.78, 5) is 34.6. The number of rotatable bonds is 4. The topological polar surface area (TPSA) is 115 Å². The van der Waals surface area contributed by atoms with Gasteiger partial charge in [-0.25, -0.2) is 0 Å². The second-order valence-electron chi connectivity index (χ2n) is 4.18. The van der Waals surface area contributed by atoms with Crippen molar-refractivity contribution in [2.75, 3.05) is 0 Å². The number of hydrogen-bond donors (Lipinski definition) is 4. The molecule has 0 radical (unpaired) electrons. The van der Waals surface area contributed by atoms with Gasteiger partial charge in [-0.05, 0) is 11.8 Å². The van der Waals surface area contributed by atoms with Crippen LogP contribution in [0.3, 0.4) is 0 Å². The van der Waals surface area contributed by atoms with E-state index in [1.807, 2.05) is 0 Å². The Labute approximate surface area is 89.0 Å². The maximum atomic E-state index is 11.4. The summed E-state index contributed by atoms with van der Waals surface area (Å²) in [6, 6.07) is 0. The van der Waals surface area contributed by atoms with Gasteiger partial charge in [0, 0.05) is 0 Å². The van der Waals surface area contributed by atoms with Gasteiger partial charge < -0.3 is 19.6 Å². The lowest BCUT2D eigenvalue weighted by Crippen LogP contribution is -2.40. The van der Waals surface area contributed by atoms with E-state index >= 15 is 0 Å². The molecule has 0 spiro atoms. The van der Waals surface area contributed by atoms with E-state index in [0.717, 1.165) is 0 Å². The van der Waals surface area contributed by atoms with Crippen molar-refractivity contribution in [1.29, 1.82) is 0 Å². The van der Waals surface area contributed by atoms with Crippen molar-refractivity contribution in [3.05, 3.63) is 0 Å². The van der Waals surface area contributed by atoms with Crippen molar-refractivity contribution < 1.29 is 28.7 Å². The molecule has 0 rings (SSSR count). The Kier molecular flexibility index (Phi) is 4.37. The third kappa shape index (κ3) is 2.36. The van der Waals surface area contributed by atoms with E-state index in [1.54, 1.807) is 0 Å². The van der Waals surface area contributed by atoms with Crippen molar-refractivity contribution in [3.63, 3.8) is 0 Å². The highest BCUT2D eigenvalue weighted by molar-refractivity contribution is 7.72. The van der Waals surface area contributed by atoms with Crippen molar-refractivity contribution in [2.24, 2.45) is 11.8 Å². The first kappa shape index (κ1) is 15.3. The standard InChI is InChI=1S/C7H18O6P2/c1-5(2)7(6(3)4,14(8,9)10)15(11,12)13/h5-6H,1-4H3,(H2,8,9,10)(H2,11,12,13). The number of hydrogen-bond acceptors (Lipinski definition) is 2. The lowest BCUT2D eigenvalue weighted by Gasteiger charge is -2.41. The molecule has 92 valence electrons. The average molecular weight is 260 g/mol. The molecular formula is C7H18O6P2. The molecule has 0 aliphatic heterocycles. The molecule has 0 atom stereocenters. The first-order valence-corrected chi connectivity index (χ1v) is 7.72. The minimum atomic E-state index is -4.90. The lowest BCUT2D eigenvalue weighted by molar-refractivity contribution is 0.248. The molecule has 6 nitrogen and oxygen atoms in total. The van der Waals surface area contributed by atoms with E-state index in [9.17, 15) is 28.7 Å². The van der Waals surface area contributed by atoms with E-state index in [2.05, 4.69) is 0 Å². The van der Waals surface area contributed by atoms with Gasteiger partial charge in [-0.2, -0.15) is 0 Å². The van der Waals surface area contributed by atoms with Crippen molar-refractivity contribution >= 4 is 15.2 Å². The van der Waals surface area contributed by atoms with Gasteiger partial charge in [-0.15, -0.1) is 0 Å². The quantitative estimate of drug-likeness (QED) is 0.567. The summed E-state index contributed by atoms with van der Waals surface area (Å²) in [5.74, 6) is -1.64. The summed E-state index contributed by atoms with van der Waals surface area (Å²) in [5, 5.41) is 0. The fourth-order valence-electron chi connectivity index (χ4n) is 2.18. The van der Waals surface area contributed by atoms with E-state index < -0.39 is 31.9 Å². The molecule has 15 heavy (non-hydrogen) atoms. The predicted molar refractivity (Wildman–Crippen MR) is 56.5 cm³/mol. The van der Waals surface area contributed by atoms with Gasteiger partial charge in [0.25, 0.3) is 0 Å². The first-order valence-electron chi connectivity index (χ1n) is 4.50. The van der Waals surface area contributed by atoms with Crippen LogP contribution < -0.4 is 0 Å². The Bertz CT molecular complexity index is 279. The second-order valence-corrected chi connectivity index (χ2v) is 8.19. The fourth-order valence-corrected chi connectivity index (χ4v) is 6.23. The van der Waals surface area contributed by atoms with E-state index in [1.165, 1.54) is 27.7 Å². The van der Waals surface area contributed by atoms with Gasteiger partial charge in [0.1, 0.15) is 0 Å². The van der Waals surface area contributed by atoms with Crippen LogP contribution in [0.25, 0.3) is 0 Å². The molecule has 0 aliphatic carbocycles. The molecule has 0 fully saturated rings. The zero-order chi connectivity index (χ0) is 12.7. The van der Waals surface area contributed by atoms with Crippen LogP contribution in [-0.4, -0.2) is 24.5 Å². The Morgan fingerprint density at radius 3 is 1.00 bits per heavy atom. The Morgan fingerprint density at radius 2 is 1.00 bits per heavy atom. The molecule has 8 heteroatoms. The first-order chi connectivity index (χ1) is 6.39. The van der Waals surface area contributed by atoms with Crippen LogP contribution in [0.15, 0.2) is 0 Å². The van der Waals surface area contributed by atoms with Crippen LogP contribution in [0.5, 0.6) is 0 Å². The lowest BCUT2D eigenvalue weighted by atomic mass is 9.99. The van der Waals surface area contributed by atoms with Gasteiger partial charge in [-0.1, -0.05) is 27.7 Å². The molecule has 4 N–H and O–H groups in total. The van der Waals surface area contributed by atoms with Crippen LogP contribution in [-0.2, 0) is 9.13 Å². The van der Waals surface area contributed by atoms with Gasteiger partial charge in [0.15, 0.2) is 4.90 Å². The SMILES string of the molecule is CC(C)C(C(C)C)(P(=O)(O)O)P(=O)(O)O. The van der Waals surface area contributed by atoms with E-state index in [-0.39, 0.29) is 0 Å². The van der Waals surface area contributed by atoms with Crippen LogP contribution in [0.2, 0.25) is 0 Å². The molecule has 0 aromatic heterocycles. The molecule has 0 aliphatic rings. The summed E-state index contributed by atoms with van der Waals surface area (Å²) in [5.41, 5.74) is 0. The van der Waals surface area contributed by atoms with Gasteiger partial charge in [0.2, 0.25) is 0 Å². The monoisotopic (exact) mass is 260 g/mol. The van der Waals surface area contributed by atoms with Crippen molar-refractivity contribution in [2.45, 2.75) is 32.6 Å². The summed E-state index contributed by atoms with van der Waals surface area (Å²) in [6.45, 7) is 5.60. The minimum absolute atomic E-state index is 0.820. The second kappa shape index (κ2) is 4.28. The molecule has 0 saturated heterocycles. The fraction of sp³-hybridized carbons (Fsp3) is 1.00. The highest BCUT2D eigenvalue weighted by Gasteiger charge is 2.63. The zero-order valence-electron chi connectivity index (χ0n) is 9.15. The normalized spacial score (nSPS) is 15.1. The smallest absolute Gasteiger partial charge is 0.324 e. The Balaban J connectivity index is 5.98. The molecule has 0 aromatic carbocycles. The van der Waals surface area contributed by atoms with Crippen molar-refractivity contribution in [3.8, 4) is 0 Å². The Hall–Kier alpha value is 0.300. The maximum absolute atomic E-state index is 11.4. The average Bonchev–Trinajstić information content (AvgIpc) is 1.75. The van der Waals surface area contributed by atoms with Gasteiger partial charge >= 0.3 is 15.2 Å². The maximum Gasteiger partial charge on any atom is 0.344 e. The molecule has 0 saturated carbocycles. The molecular weight excluding hydrogens is 242 g/mol. The van der Waals surface area contributed by atoms with Gasteiger partial charge in [-0.3, -0.25) is 9.13 Å². The summed E-state index contributed by atoms with van der Waals surface area (Å²) in [7, 11) is -9.81. The minimum Gasteiger partial charge on any atom is -0.324 e. The summed E-state index contributed by atoms with van der Waals surface area (Å²) >= 11 is 0. The molecule has 0 amide bonds. The molecule has 0 heterocycles. The van der Waals surface area contributed by atoms with Crippen LogP contribution in [0.4, 0.5) is 0 Å². The third-order valence-electron chi connectivity index (χ3n) is 2.63.